The number of nitrogens with zero attached hydrogens (tertiary/aromatic N) is 1. The van der Waals surface area contributed by atoms with E-state index in [1.165, 1.54) is 0 Å². The van der Waals surface area contributed by atoms with E-state index in [0.29, 0.717) is 6.54 Å². The van der Waals surface area contributed by atoms with Crippen LogP contribution in [0.15, 0.2) is 46.9 Å². The number of carbonyl (C=O) groups excluding carboxylic acids is 1. The first kappa shape index (κ1) is 13.5. The van der Waals surface area contributed by atoms with Crippen molar-refractivity contribution in [3.63, 3.8) is 0 Å². The summed E-state index contributed by atoms with van der Waals surface area (Å²) in [6, 6.07) is 12.9. The molecule has 0 aliphatic rings. The van der Waals surface area contributed by atoms with Crippen LogP contribution in [0.4, 0.5) is 10.5 Å². The number of halogens is 1. The largest absolute Gasteiger partial charge is 0.332 e. The van der Waals surface area contributed by atoms with Crippen LogP contribution in [-0.2, 0) is 6.54 Å². The number of hydrogen-bond donors (Lipinski definition) is 2. The van der Waals surface area contributed by atoms with Gasteiger partial charge in [0.25, 0.3) is 0 Å². The fraction of sp³-hybridized carbons (Fsp3) is 0.143. The molecule has 19 heavy (non-hydrogen) atoms. The molecule has 0 bridgehead atoms. The predicted octanol–water partition coefficient (Wildman–Crippen LogP) is 3.47. The van der Waals surface area contributed by atoms with E-state index in [0.717, 1.165) is 21.5 Å². The third-order valence-electron chi connectivity index (χ3n) is 2.48. The van der Waals surface area contributed by atoms with Crippen LogP contribution in [0.1, 0.15) is 11.4 Å². The van der Waals surface area contributed by atoms with Crippen LogP contribution in [0, 0.1) is 6.92 Å². The summed E-state index contributed by atoms with van der Waals surface area (Å²) < 4.78 is 0.974. The summed E-state index contributed by atoms with van der Waals surface area (Å²) in [6.45, 7) is 2.33. The van der Waals surface area contributed by atoms with E-state index in [4.69, 9.17) is 0 Å². The number of aromatic nitrogens is 1. The Morgan fingerprint density at radius 2 is 1.95 bits per heavy atom. The third kappa shape index (κ3) is 4.37. The van der Waals surface area contributed by atoms with Crippen LogP contribution in [0.25, 0.3) is 0 Å². The molecule has 1 aromatic heterocycles. The molecule has 98 valence electrons. The normalized spacial score (nSPS) is 10.0. The summed E-state index contributed by atoms with van der Waals surface area (Å²) in [5, 5.41) is 5.52. The molecular formula is C14H14BrN3O. The van der Waals surface area contributed by atoms with Gasteiger partial charge >= 0.3 is 6.03 Å². The van der Waals surface area contributed by atoms with Gasteiger partial charge < -0.3 is 10.6 Å². The predicted molar refractivity (Wildman–Crippen MR) is 79.0 cm³/mol. The SMILES string of the molecule is Cc1cccc(CNC(=O)Nc2ccc(Br)cc2)n1. The van der Waals surface area contributed by atoms with Crippen LogP contribution >= 0.6 is 15.9 Å². The van der Waals surface area contributed by atoms with Crippen LogP contribution in [-0.4, -0.2) is 11.0 Å². The van der Waals surface area contributed by atoms with E-state index in [1.54, 1.807) is 0 Å². The summed E-state index contributed by atoms with van der Waals surface area (Å²) >= 11 is 3.34. The maximum Gasteiger partial charge on any atom is 0.319 e. The lowest BCUT2D eigenvalue weighted by atomic mass is 10.3. The highest BCUT2D eigenvalue weighted by Gasteiger charge is 2.02. The molecule has 0 atom stereocenters. The van der Waals surface area contributed by atoms with Crippen LogP contribution in [0.3, 0.4) is 0 Å². The molecule has 0 aliphatic heterocycles. The molecule has 2 rings (SSSR count). The van der Waals surface area contributed by atoms with Gasteiger partial charge in [0.2, 0.25) is 0 Å². The number of carbonyl (C=O) groups is 1. The van der Waals surface area contributed by atoms with Crippen molar-refractivity contribution in [1.29, 1.82) is 0 Å². The molecule has 0 aliphatic carbocycles. The third-order valence-corrected chi connectivity index (χ3v) is 3.01. The highest BCUT2D eigenvalue weighted by Crippen LogP contribution is 2.13. The first-order valence-electron chi connectivity index (χ1n) is 5.86. The van der Waals surface area contributed by atoms with E-state index in [-0.39, 0.29) is 6.03 Å². The molecule has 2 aromatic rings. The topological polar surface area (TPSA) is 54.0 Å². The number of rotatable bonds is 3. The van der Waals surface area contributed by atoms with Crippen molar-refractivity contribution < 1.29 is 4.79 Å². The van der Waals surface area contributed by atoms with Crippen molar-refractivity contribution in [2.45, 2.75) is 13.5 Å². The fourth-order valence-electron chi connectivity index (χ4n) is 1.58. The average Bonchev–Trinajstić information content (AvgIpc) is 2.39. The van der Waals surface area contributed by atoms with Crippen molar-refractivity contribution >= 4 is 27.6 Å². The zero-order valence-electron chi connectivity index (χ0n) is 10.5. The van der Waals surface area contributed by atoms with E-state index < -0.39 is 0 Å². The summed E-state index contributed by atoms with van der Waals surface area (Å²) in [6.07, 6.45) is 0. The minimum absolute atomic E-state index is 0.245. The molecule has 0 fully saturated rings. The standard InChI is InChI=1S/C14H14BrN3O/c1-10-3-2-4-13(17-10)9-16-14(19)18-12-7-5-11(15)6-8-12/h2-8H,9H2,1H3,(H2,16,18,19). The molecule has 0 radical (unpaired) electrons. The van der Waals surface area contributed by atoms with Crippen molar-refractivity contribution in [2.24, 2.45) is 0 Å². The number of aryl methyl sites for hydroxylation is 1. The van der Waals surface area contributed by atoms with E-state index in [9.17, 15) is 4.79 Å². The quantitative estimate of drug-likeness (QED) is 0.910. The smallest absolute Gasteiger partial charge is 0.319 e. The molecule has 0 saturated carbocycles. The Morgan fingerprint density at radius 3 is 2.63 bits per heavy atom. The van der Waals surface area contributed by atoms with Crippen molar-refractivity contribution in [3.8, 4) is 0 Å². The lowest BCUT2D eigenvalue weighted by molar-refractivity contribution is 0.251. The van der Waals surface area contributed by atoms with Gasteiger partial charge in [-0.2, -0.15) is 0 Å². The van der Waals surface area contributed by atoms with Crippen LogP contribution in [0.5, 0.6) is 0 Å². The van der Waals surface area contributed by atoms with Crippen LogP contribution < -0.4 is 10.6 Å². The van der Waals surface area contributed by atoms with Gasteiger partial charge in [0.15, 0.2) is 0 Å². The van der Waals surface area contributed by atoms with Gasteiger partial charge in [-0.1, -0.05) is 22.0 Å². The number of pyridine rings is 1. The van der Waals surface area contributed by atoms with E-state index in [2.05, 4.69) is 31.5 Å². The monoisotopic (exact) mass is 319 g/mol. The number of nitrogens with one attached hydrogen (secondary N) is 2. The van der Waals surface area contributed by atoms with Gasteiger partial charge in [-0.15, -0.1) is 0 Å². The lowest BCUT2D eigenvalue weighted by Crippen LogP contribution is -2.28. The zero-order chi connectivity index (χ0) is 13.7. The molecule has 1 aromatic carbocycles. The first-order chi connectivity index (χ1) is 9.13. The van der Waals surface area contributed by atoms with Crippen LogP contribution in [0.2, 0.25) is 0 Å². The van der Waals surface area contributed by atoms with E-state index >= 15 is 0 Å². The lowest BCUT2D eigenvalue weighted by Gasteiger charge is -2.07. The minimum atomic E-state index is -0.245. The van der Waals surface area contributed by atoms with Crippen molar-refractivity contribution in [3.05, 3.63) is 58.3 Å². The highest BCUT2D eigenvalue weighted by atomic mass is 79.9. The van der Waals surface area contributed by atoms with Gasteiger partial charge in [-0.25, -0.2) is 4.79 Å². The maximum atomic E-state index is 11.7. The van der Waals surface area contributed by atoms with Gasteiger partial charge in [0.1, 0.15) is 0 Å². The van der Waals surface area contributed by atoms with Crippen molar-refractivity contribution in [2.75, 3.05) is 5.32 Å². The number of urea groups is 1. The van der Waals surface area contributed by atoms with Gasteiger partial charge in [0.05, 0.1) is 12.2 Å². The molecule has 5 heteroatoms. The molecule has 0 spiro atoms. The molecule has 4 nitrogen and oxygen atoms in total. The fourth-order valence-corrected chi connectivity index (χ4v) is 1.84. The Balaban J connectivity index is 1.86. The Bertz CT molecular complexity index is 569. The molecule has 0 unspecified atom stereocenters. The Morgan fingerprint density at radius 1 is 1.21 bits per heavy atom. The number of benzene rings is 1. The Labute approximate surface area is 120 Å². The summed E-state index contributed by atoms with van der Waals surface area (Å²) in [5.74, 6) is 0. The number of hydrogen-bond acceptors (Lipinski definition) is 2. The maximum absolute atomic E-state index is 11.7. The average molecular weight is 320 g/mol. The molecule has 0 saturated heterocycles. The summed E-state index contributed by atoms with van der Waals surface area (Å²) in [7, 11) is 0. The first-order valence-corrected chi connectivity index (χ1v) is 6.66. The second-order valence-electron chi connectivity index (χ2n) is 4.08. The molecule has 1 heterocycles. The summed E-state index contributed by atoms with van der Waals surface area (Å²) in [5.41, 5.74) is 2.52. The molecule has 2 amide bonds. The molecular weight excluding hydrogens is 306 g/mol. The zero-order valence-corrected chi connectivity index (χ0v) is 12.1. The minimum Gasteiger partial charge on any atom is -0.332 e. The second-order valence-corrected chi connectivity index (χ2v) is 5.00. The van der Waals surface area contributed by atoms with E-state index in [1.807, 2.05) is 49.4 Å². The summed E-state index contributed by atoms with van der Waals surface area (Å²) in [4.78, 5) is 16.0. The Kier molecular flexibility index (Phi) is 4.52. The van der Waals surface area contributed by atoms with Gasteiger partial charge in [-0.3, -0.25) is 4.98 Å². The van der Waals surface area contributed by atoms with Crippen molar-refractivity contribution in [1.82, 2.24) is 10.3 Å². The number of amides is 2. The Hall–Kier alpha value is -1.88. The molecule has 2 N–H and O–H groups in total. The van der Waals surface area contributed by atoms with Gasteiger partial charge in [-0.05, 0) is 43.3 Å². The van der Waals surface area contributed by atoms with Gasteiger partial charge in [0, 0.05) is 15.9 Å². The highest BCUT2D eigenvalue weighted by molar-refractivity contribution is 9.10. The second kappa shape index (κ2) is 6.33. The number of anilines is 1.